The van der Waals surface area contributed by atoms with Gasteiger partial charge in [-0.2, -0.15) is 0 Å². The fourth-order valence-electron chi connectivity index (χ4n) is 0.824. The fourth-order valence-corrected chi connectivity index (χ4v) is 3.01. The third-order valence-corrected chi connectivity index (χ3v) is 3.71. The summed E-state index contributed by atoms with van der Waals surface area (Å²) >= 11 is 0. The zero-order chi connectivity index (χ0) is 6.97. The summed E-state index contributed by atoms with van der Waals surface area (Å²) in [6, 6.07) is 7.62. The summed E-state index contributed by atoms with van der Waals surface area (Å²) in [5.41, 5.74) is 0.978. The molecule has 4 heteroatoms. The van der Waals surface area contributed by atoms with Crippen LogP contribution in [-0.4, -0.2) is 4.55 Å². The van der Waals surface area contributed by atoms with Gasteiger partial charge in [0.25, 0.3) is 0 Å². The van der Waals surface area contributed by atoms with Crippen LogP contribution in [0.5, 0.6) is 0 Å². The first-order valence-corrected chi connectivity index (χ1v) is 5.30. The normalized spacial score (nSPS) is 21.9. The van der Waals surface area contributed by atoms with E-state index < -0.39 is 10.2 Å². The van der Waals surface area contributed by atoms with Crippen molar-refractivity contribution in [2.45, 2.75) is 4.90 Å². The quantitative estimate of drug-likeness (QED) is 0.367. The predicted molar refractivity (Wildman–Crippen MR) is 44.1 cm³/mol. The first-order valence-electron chi connectivity index (χ1n) is 2.82. The molecule has 1 heterocycles. The Kier molecular flexibility index (Phi) is 1.52. The summed E-state index contributed by atoms with van der Waals surface area (Å²) in [6.45, 7) is 0. The summed E-state index contributed by atoms with van der Waals surface area (Å²) in [6.07, 6.45) is 0. The van der Waals surface area contributed by atoms with E-state index in [1.165, 1.54) is 11.0 Å². The van der Waals surface area contributed by atoms with Crippen LogP contribution in [0.1, 0.15) is 0 Å². The lowest BCUT2D eigenvalue weighted by Crippen LogP contribution is -1.86. The fraction of sp³-hybridized carbons (Fsp3) is 0. The van der Waals surface area contributed by atoms with E-state index in [4.69, 9.17) is 0 Å². The minimum atomic E-state index is -0.892. The summed E-state index contributed by atoms with van der Waals surface area (Å²) in [5, 5.41) is 0. The standard InChI is InChI=1S/C6H5NOS2/c8-10-6-4-2-1-3-5(6)7-9-10/h1-4,7H. The van der Waals surface area contributed by atoms with Gasteiger partial charge in [-0.3, -0.25) is 4.72 Å². The molecule has 1 unspecified atom stereocenters. The SMILES string of the molecule is [O-][S+]1SNc2ccccc21. The minimum absolute atomic E-state index is 0.892. The Hall–Kier alpha value is -0.320. The molecule has 1 aromatic rings. The highest BCUT2D eigenvalue weighted by Crippen LogP contribution is 2.37. The molecule has 0 bridgehead atoms. The number of fused-ring (bicyclic) bond motifs is 1. The first-order chi connectivity index (χ1) is 4.88. The minimum Gasteiger partial charge on any atom is -0.599 e. The third-order valence-electron chi connectivity index (χ3n) is 1.29. The van der Waals surface area contributed by atoms with Gasteiger partial charge >= 0.3 is 0 Å². The number of para-hydroxylation sites is 1. The lowest BCUT2D eigenvalue weighted by Gasteiger charge is -1.95. The molecule has 0 spiro atoms. The molecule has 0 radical (unpaired) electrons. The van der Waals surface area contributed by atoms with Gasteiger partial charge in [-0.1, -0.05) is 12.1 Å². The molecule has 0 amide bonds. The zero-order valence-electron chi connectivity index (χ0n) is 5.03. The monoisotopic (exact) mass is 171 g/mol. The third kappa shape index (κ3) is 0.885. The van der Waals surface area contributed by atoms with Gasteiger partial charge in [-0.25, -0.2) is 0 Å². The van der Waals surface area contributed by atoms with Crippen LogP contribution in [0.3, 0.4) is 0 Å². The van der Waals surface area contributed by atoms with Gasteiger partial charge in [0, 0.05) is 0 Å². The molecule has 1 N–H and O–H groups in total. The molecule has 0 saturated heterocycles. The van der Waals surface area contributed by atoms with Crippen molar-refractivity contribution in [2.24, 2.45) is 0 Å². The molecular formula is C6H5NOS2. The van der Waals surface area contributed by atoms with Crippen LogP contribution in [0.25, 0.3) is 0 Å². The highest BCUT2D eigenvalue weighted by Gasteiger charge is 2.25. The van der Waals surface area contributed by atoms with Gasteiger partial charge < -0.3 is 4.55 Å². The van der Waals surface area contributed by atoms with Gasteiger partial charge in [0.05, 0.1) is 10.2 Å². The van der Waals surface area contributed by atoms with Crippen molar-refractivity contribution in [2.75, 3.05) is 4.72 Å². The van der Waals surface area contributed by atoms with Crippen molar-refractivity contribution >= 4 is 26.9 Å². The van der Waals surface area contributed by atoms with Crippen molar-refractivity contribution in [3.63, 3.8) is 0 Å². The van der Waals surface area contributed by atoms with Gasteiger partial charge in [-0.05, 0) is 12.1 Å². The second-order valence-electron chi connectivity index (χ2n) is 1.92. The second kappa shape index (κ2) is 2.38. The Morgan fingerprint density at radius 2 is 2.20 bits per heavy atom. The van der Waals surface area contributed by atoms with Gasteiger partial charge in [0.1, 0.15) is 5.69 Å². The maximum atomic E-state index is 11.1. The summed E-state index contributed by atoms with van der Waals surface area (Å²) < 4.78 is 14.0. The smallest absolute Gasteiger partial charge is 0.216 e. The predicted octanol–water partition coefficient (Wildman–Crippen LogP) is 1.78. The molecular weight excluding hydrogens is 166 g/mol. The summed E-state index contributed by atoms with van der Waals surface area (Å²) in [4.78, 5) is 0.896. The molecule has 0 fully saturated rings. The van der Waals surface area contributed by atoms with E-state index in [1.807, 2.05) is 24.3 Å². The van der Waals surface area contributed by atoms with Gasteiger partial charge in [-0.15, -0.1) is 0 Å². The largest absolute Gasteiger partial charge is 0.599 e. The molecule has 52 valence electrons. The Balaban J connectivity index is 2.51. The number of rotatable bonds is 0. The Morgan fingerprint density at radius 3 is 3.00 bits per heavy atom. The van der Waals surface area contributed by atoms with Crippen molar-refractivity contribution < 1.29 is 4.55 Å². The van der Waals surface area contributed by atoms with E-state index in [9.17, 15) is 4.55 Å². The average Bonchev–Trinajstić information content (AvgIpc) is 2.34. The molecule has 1 aliphatic rings. The average molecular weight is 171 g/mol. The van der Waals surface area contributed by atoms with Crippen LogP contribution < -0.4 is 4.72 Å². The number of benzene rings is 1. The molecule has 0 aromatic heterocycles. The highest BCUT2D eigenvalue weighted by molar-refractivity contribution is 8.73. The van der Waals surface area contributed by atoms with Crippen LogP contribution >= 0.6 is 11.0 Å². The molecule has 2 nitrogen and oxygen atoms in total. The van der Waals surface area contributed by atoms with Crippen LogP contribution in [0, 0.1) is 0 Å². The van der Waals surface area contributed by atoms with Crippen molar-refractivity contribution in [1.29, 1.82) is 0 Å². The number of anilines is 1. The molecule has 0 saturated carbocycles. The van der Waals surface area contributed by atoms with Crippen LogP contribution in [0.4, 0.5) is 5.69 Å². The Labute approximate surface area is 65.7 Å². The molecule has 2 rings (SSSR count). The van der Waals surface area contributed by atoms with Crippen molar-refractivity contribution in [3.8, 4) is 0 Å². The van der Waals surface area contributed by atoms with E-state index in [-0.39, 0.29) is 0 Å². The zero-order valence-corrected chi connectivity index (χ0v) is 6.67. The maximum absolute atomic E-state index is 11.1. The summed E-state index contributed by atoms with van der Waals surface area (Å²) in [7, 11) is 0.356. The number of hydrogen-bond acceptors (Lipinski definition) is 3. The number of nitrogens with one attached hydrogen (secondary N) is 1. The van der Waals surface area contributed by atoms with E-state index in [1.54, 1.807) is 0 Å². The van der Waals surface area contributed by atoms with E-state index in [0.29, 0.717) is 0 Å². The van der Waals surface area contributed by atoms with Crippen LogP contribution in [0.15, 0.2) is 29.2 Å². The lowest BCUT2D eigenvalue weighted by atomic mass is 10.3. The second-order valence-corrected chi connectivity index (χ2v) is 4.60. The van der Waals surface area contributed by atoms with E-state index >= 15 is 0 Å². The van der Waals surface area contributed by atoms with E-state index in [2.05, 4.69) is 4.72 Å². The number of hydrogen-bond donors (Lipinski definition) is 1. The Bertz CT molecular complexity index is 253. The van der Waals surface area contributed by atoms with E-state index in [0.717, 1.165) is 10.6 Å². The first kappa shape index (κ1) is 6.39. The molecule has 1 atom stereocenters. The van der Waals surface area contributed by atoms with Crippen molar-refractivity contribution in [1.82, 2.24) is 0 Å². The molecule has 0 aliphatic carbocycles. The lowest BCUT2D eigenvalue weighted by molar-refractivity contribution is 0.610. The maximum Gasteiger partial charge on any atom is 0.216 e. The van der Waals surface area contributed by atoms with Gasteiger partial charge in [0.15, 0.2) is 4.90 Å². The van der Waals surface area contributed by atoms with Gasteiger partial charge in [0.2, 0.25) is 11.0 Å². The van der Waals surface area contributed by atoms with Crippen molar-refractivity contribution in [3.05, 3.63) is 24.3 Å². The Morgan fingerprint density at radius 1 is 1.40 bits per heavy atom. The van der Waals surface area contributed by atoms with Crippen LogP contribution in [0.2, 0.25) is 0 Å². The molecule has 10 heavy (non-hydrogen) atoms. The summed E-state index contributed by atoms with van der Waals surface area (Å²) in [5.74, 6) is 0. The van der Waals surface area contributed by atoms with Crippen LogP contribution in [-0.2, 0) is 10.2 Å². The molecule has 1 aliphatic heterocycles. The topological polar surface area (TPSA) is 35.1 Å². The molecule has 1 aromatic carbocycles. The highest BCUT2D eigenvalue weighted by atomic mass is 33.1.